The van der Waals surface area contributed by atoms with Crippen molar-refractivity contribution in [2.75, 3.05) is 52.5 Å². The van der Waals surface area contributed by atoms with Gasteiger partial charge in [0.25, 0.3) is 0 Å². The molecular formula is C18H31ClN4O2. The zero-order valence-electron chi connectivity index (χ0n) is 15.5. The number of piperidine rings is 1. The first-order valence-electron chi connectivity index (χ1n) is 9.44. The van der Waals surface area contributed by atoms with Crippen LogP contribution in [0.1, 0.15) is 24.6 Å². The maximum absolute atomic E-state index is 9.76. The molecule has 1 aromatic rings. The third-order valence-electron chi connectivity index (χ3n) is 5.45. The van der Waals surface area contributed by atoms with E-state index in [2.05, 4.69) is 21.8 Å². The van der Waals surface area contributed by atoms with Crippen LogP contribution >= 0.6 is 11.6 Å². The Morgan fingerprint density at radius 1 is 1.20 bits per heavy atom. The molecule has 0 amide bonds. The molecule has 1 aromatic heterocycles. The van der Waals surface area contributed by atoms with E-state index < -0.39 is 0 Å². The lowest BCUT2D eigenvalue weighted by atomic mass is 9.89. The standard InChI is InChI=1S/C18H31ClN4O2/c1-3-17-16(18(19)21(2)20-17)12-23-10-14(8-15(11-23)13-24)9-22-4-6-25-7-5-22/h14-15,24H,3-13H2,1-2H3/t14-,15-/m0/s1. The van der Waals surface area contributed by atoms with Gasteiger partial charge in [-0.15, -0.1) is 0 Å². The molecule has 2 fully saturated rings. The van der Waals surface area contributed by atoms with E-state index in [9.17, 15) is 5.11 Å². The number of aliphatic hydroxyl groups excluding tert-OH is 1. The number of morpholine rings is 1. The highest BCUT2D eigenvalue weighted by molar-refractivity contribution is 6.30. The van der Waals surface area contributed by atoms with Gasteiger partial charge >= 0.3 is 0 Å². The van der Waals surface area contributed by atoms with Crippen molar-refractivity contribution in [1.82, 2.24) is 19.6 Å². The van der Waals surface area contributed by atoms with Crippen LogP contribution in [0.5, 0.6) is 0 Å². The molecule has 2 aliphatic rings. The maximum Gasteiger partial charge on any atom is 0.131 e. The van der Waals surface area contributed by atoms with Crippen molar-refractivity contribution in [3.63, 3.8) is 0 Å². The summed E-state index contributed by atoms with van der Waals surface area (Å²) in [7, 11) is 1.90. The SMILES string of the molecule is CCc1nn(C)c(Cl)c1CN1C[C@@H](CO)C[C@@H](CN2CCOCC2)C1. The van der Waals surface area contributed by atoms with E-state index in [1.165, 1.54) is 0 Å². The third kappa shape index (κ3) is 4.74. The third-order valence-corrected chi connectivity index (χ3v) is 5.92. The van der Waals surface area contributed by atoms with Crippen LogP contribution in [0.15, 0.2) is 0 Å². The first kappa shape index (κ1) is 19.1. The van der Waals surface area contributed by atoms with Gasteiger partial charge < -0.3 is 9.84 Å². The van der Waals surface area contributed by atoms with E-state index in [1.807, 2.05) is 7.05 Å². The Hall–Kier alpha value is -0.660. The number of aryl methyl sites for hydroxylation is 2. The Morgan fingerprint density at radius 2 is 1.92 bits per heavy atom. The molecule has 0 unspecified atom stereocenters. The van der Waals surface area contributed by atoms with E-state index >= 15 is 0 Å². The van der Waals surface area contributed by atoms with Crippen LogP contribution in [0.3, 0.4) is 0 Å². The summed E-state index contributed by atoms with van der Waals surface area (Å²) in [6, 6.07) is 0. The fraction of sp³-hybridized carbons (Fsp3) is 0.833. The number of nitrogens with zero attached hydrogens (tertiary/aromatic N) is 4. The van der Waals surface area contributed by atoms with Crippen molar-refractivity contribution < 1.29 is 9.84 Å². The molecule has 0 aliphatic carbocycles. The summed E-state index contributed by atoms with van der Waals surface area (Å²) in [4.78, 5) is 4.96. The lowest BCUT2D eigenvalue weighted by Gasteiger charge is -2.40. The number of aromatic nitrogens is 2. The van der Waals surface area contributed by atoms with Crippen LogP contribution in [0, 0.1) is 11.8 Å². The van der Waals surface area contributed by atoms with Crippen LogP contribution in [0.2, 0.25) is 5.15 Å². The number of likely N-dealkylation sites (tertiary alicyclic amines) is 1. The van der Waals surface area contributed by atoms with E-state index in [-0.39, 0.29) is 6.61 Å². The second-order valence-corrected chi connectivity index (χ2v) is 7.81. The fourth-order valence-electron chi connectivity index (χ4n) is 4.23. The lowest BCUT2D eigenvalue weighted by molar-refractivity contribution is 0.0117. The highest BCUT2D eigenvalue weighted by Crippen LogP contribution is 2.27. The summed E-state index contributed by atoms with van der Waals surface area (Å²) in [6.07, 6.45) is 2.00. The molecule has 3 rings (SSSR count). The first-order chi connectivity index (χ1) is 12.1. The van der Waals surface area contributed by atoms with Crippen LogP contribution in [-0.4, -0.2) is 77.2 Å². The van der Waals surface area contributed by atoms with Gasteiger partial charge in [0.2, 0.25) is 0 Å². The summed E-state index contributed by atoms with van der Waals surface area (Å²) in [5, 5.41) is 15.0. The average molecular weight is 371 g/mol. The average Bonchev–Trinajstić information content (AvgIpc) is 2.90. The van der Waals surface area contributed by atoms with Crippen LogP contribution in [0.25, 0.3) is 0 Å². The molecule has 3 heterocycles. The minimum atomic E-state index is 0.261. The van der Waals surface area contributed by atoms with Crippen molar-refractivity contribution >= 4 is 11.6 Å². The van der Waals surface area contributed by atoms with Gasteiger partial charge in [0.05, 0.1) is 18.9 Å². The number of rotatable bonds is 6. The fourth-order valence-corrected chi connectivity index (χ4v) is 4.44. The number of aliphatic hydroxyl groups is 1. The van der Waals surface area contributed by atoms with Gasteiger partial charge in [0, 0.05) is 58.5 Å². The summed E-state index contributed by atoms with van der Waals surface area (Å²) in [5.41, 5.74) is 2.23. The molecule has 142 valence electrons. The molecule has 1 N–H and O–H groups in total. The largest absolute Gasteiger partial charge is 0.396 e. The van der Waals surface area contributed by atoms with Crippen LogP contribution in [0.4, 0.5) is 0 Å². The van der Waals surface area contributed by atoms with E-state index in [0.717, 1.165) is 81.7 Å². The molecule has 0 aromatic carbocycles. The Kier molecular flexibility index (Phi) is 6.74. The number of ether oxygens (including phenoxy) is 1. The van der Waals surface area contributed by atoms with Crippen molar-refractivity contribution in [3.8, 4) is 0 Å². The summed E-state index contributed by atoms with van der Waals surface area (Å²) in [6.45, 7) is 10.0. The van der Waals surface area contributed by atoms with Crippen LogP contribution < -0.4 is 0 Å². The monoisotopic (exact) mass is 370 g/mol. The molecule has 7 heteroatoms. The maximum atomic E-state index is 9.76. The molecule has 0 bridgehead atoms. The highest BCUT2D eigenvalue weighted by Gasteiger charge is 2.30. The van der Waals surface area contributed by atoms with Crippen molar-refractivity contribution in [2.24, 2.45) is 18.9 Å². The van der Waals surface area contributed by atoms with Gasteiger partial charge in [-0.1, -0.05) is 18.5 Å². The smallest absolute Gasteiger partial charge is 0.131 e. The predicted octanol–water partition coefficient (Wildman–Crippen LogP) is 1.40. The zero-order valence-corrected chi connectivity index (χ0v) is 16.2. The molecule has 0 radical (unpaired) electrons. The van der Waals surface area contributed by atoms with Crippen molar-refractivity contribution in [3.05, 3.63) is 16.4 Å². The highest BCUT2D eigenvalue weighted by atomic mass is 35.5. The molecular weight excluding hydrogens is 340 g/mol. The number of halogens is 1. The predicted molar refractivity (Wildman–Crippen MR) is 98.8 cm³/mol. The Labute approximate surface area is 155 Å². The molecule has 2 aliphatic heterocycles. The summed E-state index contributed by atoms with van der Waals surface area (Å²) >= 11 is 6.48. The normalized spacial score (nSPS) is 26.2. The Balaban J connectivity index is 1.66. The summed E-state index contributed by atoms with van der Waals surface area (Å²) in [5.74, 6) is 0.935. The molecule has 2 saturated heterocycles. The van der Waals surface area contributed by atoms with Gasteiger partial charge in [0.1, 0.15) is 5.15 Å². The van der Waals surface area contributed by atoms with Gasteiger partial charge in [-0.2, -0.15) is 5.10 Å². The lowest BCUT2D eigenvalue weighted by Crippen LogP contribution is -2.47. The second kappa shape index (κ2) is 8.82. The van der Waals surface area contributed by atoms with Crippen LogP contribution in [-0.2, 0) is 24.8 Å². The van der Waals surface area contributed by atoms with Gasteiger partial charge in [0.15, 0.2) is 0 Å². The zero-order chi connectivity index (χ0) is 17.8. The molecule has 0 spiro atoms. The van der Waals surface area contributed by atoms with E-state index in [0.29, 0.717) is 11.8 Å². The molecule has 2 atom stereocenters. The van der Waals surface area contributed by atoms with E-state index in [1.54, 1.807) is 4.68 Å². The molecule has 6 nitrogen and oxygen atoms in total. The van der Waals surface area contributed by atoms with Crippen molar-refractivity contribution in [2.45, 2.75) is 26.3 Å². The minimum absolute atomic E-state index is 0.261. The molecule has 0 saturated carbocycles. The van der Waals surface area contributed by atoms with Gasteiger partial charge in [-0.05, 0) is 24.7 Å². The Bertz CT molecular complexity index is 560. The minimum Gasteiger partial charge on any atom is -0.396 e. The number of hydrogen-bond acceptors (Lipinski definition) is 5. The Morgan fingerprint density at radius 3 is 2.60 bits per heavy atom. The summed E-state index contributed by atoms with van der Waals surface area (Å²) < 4.78 is 7.23. The number of hydrogen-bond donors (Lipinski definition) is 1. The van der Waals surface area contributed by atoms with Gasteiger partial charge in [-0.3, -0.25) is 14.5 Å². The second-order valence-electron chi connectivity index (χ2n) is 7.45. The van der Waals surface area contributed by atoms with E-state index in [4.69, 9.17) is 16.3 Å². The first-order valence-corrected chi connectivity index (χ1v) is 9.82. The molecule has 25 heavy (non-hydrogen) atoms. The topological polar surface area (TPSA) is 53.8 Å². The van der Waals surface area contributed by atoms with Crippen molar-refractivity contribution in [1.29, 1.82) is 0 Å². The van der Waals surface area contributed by atoms with Gasteiger partial charge in [-0.25, -0.2) is 0 Å². The quantitative estimate of drug-likeness (QED) is 0.820.